The number of halogens is 3. The predicted molar refractivity (Wildman–Crippen MR) is 55.1 cm³/mol. The van der Waals surface area contributed by atoms with E-state index in [-0.39, 0.29) is 12.8 Å². The van der Waals surface area contributed by atoms with Gasteiger partial charge in [-0.1, -0.05) is 11.6 Å². The lowest BCUT2D eigenvalue weighted by Crippen LogP contribution is -2.00. The van der Waals surface area contributed by atoms with Crippen LogP contribution in [-0.2, 0) is 11.2 Å². The molecule has 1 N–H and O–H groups in total. The lowest BCUT2D eigenvalue weighted by molar-refractivity contribution is -0.136. The Morgan fingerprint density at radius 3 is 2.79 bits per heavy atom. The van der Waals surface area contributed by atoms with Crippen LogP contribution in [-0.4, -0.2) is 11.1 Å². The number of hydrogen-bond acceptors (Lipinski definition) is 1. The normalized spacial score (nSPS) is 10.2. The second-order valence-electron chi connectivity index (χ2n) is 2.72. The van der Waals surface area contributed by atoms with Gasteiger partial charge >= 0.3 is 5.97 Å². The van der Waals surface area contributed by atoms with Crippen LogP contribution in [0.15, 0.2) is 16.6 Å². The highest BCUT2D eigenvalue weighted by molar-refractivity contribution is 9.10. The van der Waals surface area contributed by atoms with Crippen LogP contribution in [0.1, 0.15) is 12.0 Å². The predicted octanol–water partition coefficient (Wildman–Crippen LogP) is 3.26. The van der Waals surface area contributed by atoms with E-state index in [0.717, 1.165) is 0 Å². The molecule has 0 unspecified atom stereocenters. The molecule has 0 spiro atoms. The lowest BCUT2D eigenvalue weighted by Gasteiger charge is -2.05. The monoisotopic (exact) mass is 280 g/mol. The Morgan fingerprint density at radius 2 is 2.21 bits per heavy atom. The molecular formula is C9H7BrClFO2. The van der Waals surface area contributed by atoms with Crippen LogP contribution in [0.2, 0.25) is 5.02 Å². The minimum atomic E-state index is -0.962. The van der Waals surface area contributed by atoms with E-state index in [9.17, 15) is 9.18 Å². The van der Waals surface area contributed by atoms with Crippen molar-refractivity contribution in [1.29, 1.82) is 0 Å². The van der Waals surface area contributed by atoms with E-state index in [2.05, 4.69) is 15.9 Å². The Bertz CT molecular complexity index is 368. The van der Waals surface area contributed by atoms with Gasteiger partial charge in [0, 0.05) is 16.5 Å². The zero-order valence-electron chi connectivity index (χ0n) is 7.06. The van der Waals surface area contributed by atoms with Gasteiger partial charge in [0.05, 0.1) is 5.02 Å². The molecule has 1 rings (SSSR count). The van der Waals surface area contributed by atoms with Crippen molar-refractivity contribution in [2.24, 2.45) is 0 Å². The molecule has 0 amide bonds. The van der Waals surface area contributed by atoms with E-state index >= 15 is 0 Å². The highest BCUT2D eigenvalue weighted by atomic mass is 79.9. The summed E-state index contributed by atoms with van der Waals surface area (Å²) < 4.78 is 13.6. The van der Waals surface area contributed by atoms with E-state index in [1.54, 1.807) is 0 Å². The van der Waals surface area contributed by atoms with Gasteiger partial charge in [0.15, 0.2) is 0 Å². The smallest absolute Gasteiger partial charge is 0.303 e. The van der Waals surface area contributed by atoms with Gasteiger partial charge in [-0.2, -0.15) is 0 Å². The number of rotatable bonds is 3. The molecule has 0 heterocycles. The number of carboxylic acid groups (broad SMARTS) is 1. The van der Waals surface area contributed by atoms with E-state index in [4.69, 9.17) is 16.7 Å². The Kier molecular flexibility index (Phi) is 3.89. The van der Waals surface area contributed by atoms with Gasteiger partial charge in [-0.3, -0.25) is 4.79 Å². The van der Waals surface area contributed by atoms with Gasteiger partial charge in [0.25, 0.3) is 0 Å². The first-order valence-electron chi connectivity index (χ1n) is 3.86. The summed E-state index contributed by atoms with van der Waals surface area (Å²) in [4.78, 5) is 10.3. The Morgan fingerprint density at radius 1 is 1.57 bits per heavy atom. The molecular weight excluding hydrogens is 274 g/mol. The largest absolute Gasteiger partial charge is 0.481 e. The van der Waals surface area contributed by atoms with Crippen LogP contribution in [0, 0.1) is 5.82 Å². The fourth-order valence-electron chi connectivity index (χ4n) is 1.03. The van der Waals surface area contributed by atoms with E-state index in [0.29, 0.717) is 15.1 Å². The van der Waals surface area contributed by atoms with Gasteiger partial charge in [0.2, 0.25) is 0 Å². The SMILES string of the molecule is O=C(O)CCc1c(F)ccc(Cl)c1Br. The zero-order valence-corrected chi connectivity index (χ0v) is 9.40. The summed E-state index contributed by atoms with van der Waals surface area (Å²) in [7, 11) is 0. The average molecular weight is 282 g/mol. The van der Waals surface area contributed by atoms with Crippen molar-refractivity contribution >= 4 is 33.5 Å². The molecule has 0 aliphatic heterocycles. The topological polar surface area (TPSA) is 37.3 Å². The molecule has 76 valence electrons. The van der Waals surface area contributed by atoms with Crippen molar-refractivity contribution in [3.8, 4) is 0 Å². The molecule has 2 nitrogen and oxygen atoms in total. The highest BCUT2D eigenvalue weighted by Gasteiger charge is 2.11. The zero-order chi connectivity index (χ0) is 10.7. The fourth-order valence-corrected chi connectivity index (χ4v) is 1.73. The minimum Gasteiger partial charge on any atom is -0.481 e. The van der Waals surface area contributed by atoms with Crippen LogP contribution in [0.5, 0.6) is 0 Å². The van der Waals surface area contributed by atoms with E-state index < -0.39 is 11.8 Å². The summed E-state index contributed by atoms with van der Waals surface area (Å²) in [5, 5.41) is 8.84. The van der Waals surface area contributed by atoms with Crippen molar-refractivity contribution in [2.75, 3.05) is 0 Å². The molecule has 1 aromatic carbocycles. The molecule has 0 aromatic heterocycles. The van der Waals surface area contributed by atoms with E-state index in [1.807, 2.05) is 0 Å². The van der Waals surface area contributed by atoms with Crippen LogP contribution in [0.3, 0.4) is 0 Å². The molecule has 0 aliphatic rings. The van der Waals surface area contributed by atoms with Crippen molar-refractivity contribution in [3.05, 3.63) is 33.0 Å². The van der Waals surface area contributed by atoms with Crippen molar-refractivity contribution < 1.29 is 14.3 Å². The number of carbonyl (C=O) groups is 1. The molecule has 0 aliphatic carbocycles. The van der Waals surface area contributed by atoms with Crippen LogP contribution < -0.4 is 0 Å². The van der Waals surface area contributed by atoms with Gasteiger partial charge < -0.3 is 5.11 Å². The molecule has 0 bridgehead atoms. The summed E-state index contributed by atoms with van der Waals surface area (Å²) >= 11 is 8.86. The van der Waals surface area contributed by atoms with Crippen molar-refractivity contribution in [2.45, 2.75) is 12.8 Å². The van der Waals surface area contributed by atoms with Gasteiger partial charge in [0.1, 0.15) is 5.82 Å². The first-order chi connectivity index (χ1) is 6.52. The summed E-state index contributed by atoms with van der Waals surface area (Å²) in [6, 6.07) is 2.65. The third kappa shape index (κ3) is 2.69. The van der Waals surface area contributed by atoms with Gasteiger partial charge in [-0.25, -0.2) is 4.39 Å². The second-order valence-corrected chi connectivity index (χ2v) is 3.92. The fraction of sp³-hybridized carbons (Fsp3) is 0.222. The maximum atomic E-state index is 13.2. The highest BCUT2D eigenvalue weighted by Crippen LogP contribution is 2.29. The molecule has 5 heteroatoms. The second kappa shape index (κ2) is 4.75. The first-order valence-corrected chi connectivity index (χ1v) is 5.03. The molecule has 0 atom stereocenters. The van der Waals surface area contributed by atoms with Crippen LogP contribution >= 0.6 is 27.5 Å². The maximum Gasteiger partial charge on any atom is 0.303 e. The maximum absolute atomic E-state index is 13.2. The van der Waals surface area contributed by atoms with E-state index in [1.165, 1.54) is 12.1 Å². The molecule has 0 fully saturated rings. The van der Waals surface area contributed by atoms with Crippen LogP contribution in [0.25, 0.3) is 0 Å². The number of hydrogen-bond donors (Lipinski definition) is 1. The van der Waals surface area contributed by atoms with Crippen LogP contribution in [0.4, 0.5) is 4.39 Å². The van der Waals surface area contributed by atoms with Gasteiger partial charge in [-0.15, -0.1) is 0 Å². The lowest BCUT2D eigenvalue weighted by atomic mass is 10.1. The van der Waals surface area contributed by atoms with Gasteiger partial charge in [-0.05, 0) is 34.5 Å². The summed E-state index contributed by atoms with van der Waals surface area (Å²) in [5.74, 6) is -1.40. The average Bonchev–Trinajstić information content (AvgIpc) is 2.11. The Hall–Kier alpha value is -0.610. The molecule has 0 radical (unpaired) electrons. The minimum absolute atomic E-state index is 0.115. The standard InChI is InChI=1S/C9H7BrClFO2/c10-9-5(1-4-8(13)14)7(12)3-2-6(9)11/h2-3H,1,4H2,(H,13,14). The number of benzene rings is 1. The molecule has 0 saturated carbocycles. The quantitative estimate of drug-likeness (QED) is 0.864. The summed E-state index contributed by atoms with van der Waals surface area (Å²) in [6.07, 6.45) is 0.0121. The van der Waals surface area contributed by atoms with Crippen molar-refractivity contribution in [3.63, 3.8) is 0 Å². The third-order valence-corrected chi connectivity index (χ3v) is 3.18. The number of aliphatic carboxylic acids is 1. The third-order valence-electron chi connectivity index (χ3n) is 1.73. The summed E-state index contributed by atoms with van der Waals surface area (Å²) in [5.41, 5.74) is 0.305. The van der Waals surface area contributed by atoms with Crippen molar-refractivity contribution in [1.82, 2.24) is 0 Å². The Labute approximate surface area is 93.8 Å². The first kappa shape index (κ1) is 11.5. The Balaban J connectivity index is 2.95. The molecule has 14 heavy (non-hydrogen) atoms. The molecule has 0 saturated heterocycles. The summed E-state index contributed by atoms with van der Waals surface area (Å²) in [6.45, 7) is 0. The molecule has 1 aromatic rings. The number of carboxylic acids is 1.